The zero-order valence-corrected chi connectivity index (χ0v) is 9.29. The van der Waals surface area contributed by atoms with Crippen molar-refractivity contribution in [3.8, 4) is 0 Å². The molecule has 0 bridgehead atoms. The molecule has 1 aliphatic rings. The van der Waals surface area contributed by atoms with Crippen LogP contribution in [-0.2, 0) is 4.79 Å². The SMILES string of the molecule is Cc1ccc(C2=C(C(=O)O)CCNC2)cc1. The number of benzene rings is 1. The minimum absolute atomic E-state index is 0.544. The molecule has 1 aliphatic heterocycles. The van der Waals surface area contributed by atoms with Crippen molar-refractivity contribution in [3.05, 3.63) is 41.0 Å². The number of carboxylic acids is 1. The number of hydrogen-bond donors (Lipinski definition) is 2. The molecule has 0 fully saturated rings. The van der Waals surface area contributed by atoms with E-state index < -0.39 is 5.97 Å². The lowest BCUT2D eigenvalue weighted by Crippen LogP contribution is -2.27. The van der Waals surface area contributed by atoms with Gasteiger partial charge in [-0.2, -0.15) is 0 Å². The number of hydrogen-bond acceptors (Lipinski definition) is 2. The number of rotatable bonds is 2. The fourth-order valence-electron chi connectivity index (χ4n) is 1.95. The maximum absolute atomic E-state index is 11.1. The van der Waals surface area contributed by atoms with Gasteiger partial charge in [-0.15, -0.1) is 0 Å². The van der Waals surface area contributed by atoms with Gasteiger partial charge in [0.05, 0.1) is 0 Å². The predicted molar refractivity (Wildman–Crippen MR) is 63.2 cm³/mol. The molecule has 0 unspecified atom stereocenters. The van der Waals surface area contributed by atoms with Gasteiger partial charge in [-0.05, 0) is 31.0 Å². The highest BCUT2D eigenvalue weighted by Crippen LogP contribution is 2.23. The van der Waals surface area contributed by atoms with Gasteiger partial charge in [-0.1, -0.05) is 29.8 Å². The number of aliphatic carboxylic acids is 1. The van der Waals surface area contributed by atoms with E-state index in [-0.39, 0.29) is 0 Å². The molecule has 0 saturated heterocycles. The van der Waals surface area contributed by atoms with Crippen LogP contribution in [0, 0.1) is 6.92 Å². The van der Waals surface area contributed by atoms with E-state index in [0.29, 0.717) is 18.5 Å². The summed E-state index contributed by atoms with van der Waals surface area (Å²) in [6.45, 7) is 3.41. The van der Waals surface area contributed by atoms with Crippen LogP contribution in [0.4, 0.5) is 0 Å². The Labute approximate surface area is 94.8 Å². The molecule has 16 heavy (non-hydrogen) atoms. The van der Waals surface area contributed by atoms with Crippen LogP contribution in [0.25, 0.3) is 5.57 Å². The molecule has 1 heterocycles. The first-order chi connectivity index (χ1) is 7.68. The maximum Gasteiger partial charge on any atom is 0.331 e. The molecule has 1 aromatic rings. The van der Waals surface area contributed by atoms with Crippen molar-refractivity contribution in [1.82, 2.24) is 5.32 Å². The third-order valence-electron chi connectivity index (χ3n) is 2.88. The van der Waals surface area contributed by atoms with Crippen LogP contribution in [0.3, 0.4) is 0 Å². The fourth-order valence-corrected chi connectivity index (χ4v) is 1.95. The van der Waals surface area contributed by atoms with Crippen molar-refractivity contribution in [2.24, 2.45) is 0 Å². The molecular formula is C13H15NO2. The van der Waals surface area contributed by atoms with Crippen molar-refractivity contribution in [1.29, 1.82) is 0 Å². The molecule has 0 aromatic heterocycles. The number of nitrogens with one attached hydrogen (secondary N) is 1. The van der Waals surface area contributed by atoms with Crippen LogP contribution in [0.5, 0.6) is 0 Å². The molecule has 1 aromatic carbocycles. The molecule has 3 heteroatoms. The third-order valence-corrected chi connectivity index (χ3v) is 2.88. The number of carboxylic acid groups (broad SMARTS) is 1. The van der Waals surface area contributed by atoms with Crippen molar-refractivity contribution in [3.63, 3.8) is 0 Å². The zero-order chi connectivity index (χ0) is 11.5. The monoisotopic (exact) mass is 217 g/mol. The molecule has 3 nitrogen and oxygen atoms in total. The quantitative estimate of drug-likeness (QED) is 0.794. The summed E-state index contributed by atoms with van der Waals surface area (Å²) in [6.07, 6.45) is 0.596. The first-order valence-corrected chi connectivity index (χ1v) is 5.41. The van der Waals surface area contributed by atoms with E-state index in [1.165, 1.54) is 5.56 Å². The van der Waals surface area contributed by atoms with Gasteiger partial charge < -0.3 is 10.4 Å². The molecule has 0 radical (unpaired) electrons. The second-order valence-corrected chi connectivity index (χ2v) is 4.06. The summed E-state index contributed by atoms with van der Waals surface area (Å²) in [4.78, 5) is 11.1. The summed E-state index contributed by atoms with van der Waals surface area (Å²) in [5, 5.41) is 12.4. The molecule has 0 saturated carbocycles. The van der Waals surface area contributed by atoms with Crippen molar-refractivity contribution < 1.29 is 9.90 Å². The highest BCUT2D eigenvalue weighted by atomic mass is 16.4. The van der Waals surface area contributed by atoms with Crippen molar-refractivity contribution in [2.75, 3.05) is 13.1 Å². The van der Waals surface area contributed by atoms with Crippen LogP contribution in [0.15, 0.2) is 29.8 Å². The Morgan fingerprint density at radius 1 is 1.31 bits per heavy atom. The first kappa shape index (κ1) is 10.9. The zero-order valence-electron chi connectivity index (χ0n) is 9.29. The van der Waals surface area contributed by atoms with E-state index in [1.807, 2.05) is 31.2 Å². The van der Waals surface area contributed by atoms with Gasteiger partial charge in [0.25, 0.3) is 0 Å². The van der Waals surface area contributed by atoms with Crippen LogP contribution in [0.2, 0.25) is 0 Å². The highest BCUT2D eigenvalue weighted by molar-refractivity contribution is 5.97. The van der Waals surface area contributed by atoms with E-state index in [1.54, 1.807) is 0 Å². The summed E-state index contributed by atoms with van der Waals surface area (Å²) in [6, 6.07) is 7.99. The summed E-state index contributed by atoms with van der Waals surface area (Å²) >= 11 is 0. The van der Waals surface area contributed by atoms with Gasteiger partial charge in [0.15, 0.2) is 0 Å². The molecular weight excluding hydrogens is 202 g/mol. The van der Waals surface area contributed by atoms with E-state index >= 15 is 0 Å². The molecule has 0 spiro atoms. The van der Waals surface area contributed by atoms with E-state index in [4.69, 9.17) is 5.11 Å². The predicted octanol–water partition coefficient (Wildman–Crippen LogP) is 1.83. The second kappa shape index (κ2) is 4.49. The molecule has 0 atom stereocenters. The Bertz CT molecular complexity index is 432. The average Bonchev–Trinajstić information content (AvgIpc) is 2.30. The van der Waals surface area contributed by atoms with Crippen molar-refractivity contribution >= 4 is 11.5 Å². The minimum Gasteiger partial charge on any atom is -0.478 e. The van der Waals surface area contributed by atoms with Gasteiger partial charge in [0.2, 0.25) is 0 Å². The lowest BCUT2D eigenvalue weighted by molar-refractivity contribution is -0.132. The summed E-state index contributed by atoms with van der Waals surface area (Å²) < 4.78 is 0. The van der Waals surface area contributed by atoms with Gasteiger partial charge in [-0.25, -0.2) is 4.79 Å². The van der Waals surface area contributed by atoms with Gasteiger partial charge in [-0.3, -0.25) is 0 Å². The number of aryl methyl sites for hydroxylation is 1. The minimum atomic E-state index is -0.794. The first-order valence-electron chi connectivity index (χ1n) is 5.41. The fraction of sp³-hybridized carbons (Fsp3) is 0.308. The van der Waals surface area contributed by atoms with Crippen LogP contribution < -0.4 is 5.32 Å². The standard InChI is InChI=1S/C13H15NO2/c1-9-2-4-10(5-3-9)12-8-14-7-6-11(12)13(15)16/h2-5,14H,6-8H2,1H3,(H,15,16). The van der Waals surface area contributed by atoms with Crippen LogP contribution >= 0.6 is 0 Å². The Morgan fingerprint density at radius 3 is 2.62 bits per heavy atom. The topological polar surface area (TPSA) is 49.3 Å². The normalized spacial score (nSPS) is 16.3. The Hall–Kier alpha value is -1.61. The van der Waals surface area contributed by atoms with Crippen LogP contribution in [0.1, 0.15) is 17.5 Å². The molecule has 2 N–H and O–H groups in total. The van der Waals surface area contributed by atoms with E-state index in [9.17, 15) is 4.79 Å². The highest BCUT2D eigenvalue weighted by Gasteiger charge is 2.18. The smallest absolute Gasteiger partial charge is 0.331 e. The number of carbonyl (C=O) groups is 1. The second-order valence-electron chi connectivity index (χ2n) is 4.06. The molecule has 84 valence electrons. The largest absolute Gasteiger partial charge is 0.478 e. The lowest BCUT2D eigenvalue weighted by Gasteiger charge is -2.19. The van der Waals surface area contributed by atoms with Crippen LogP contribution in [-0.4, -0.2) is 24.2 Å². The average molecular weight is 217 g/mol. The maximum atomic E-state index is 11.1. The Kier molecular flexibility index (Phi) is 3.06. The van der Waals surface area contributed by atoms with Crippen molar-refractivity contribution in [2.45, 2.75) is 13.3 Å². The van der Waals surface area contributed by atoms with Gasteiger partial charge in [0.1, 0.15) is 0 Å². The third kappa shape index (κ3) is 2.14. The summed E-state index contributed by atoms with van der Waals surface area (Å²) in [7, 11) is 0. The van der Waals surface area contributed by atoms with E-state index in [2.05, 4.69) is 5.32 Å². The van der Waals surface area contributed by atoms with Gasteiger partial charge >= 0.3 is 5.97 Å². The Balaban J connectivity index is 2.43. The van der Waals surface area contributed by atoms with E-state index in [0.717, 1.165) is 17.7 Å². The summed E-state index contributed by atoms with van der Waals surface area (Å²) in [5.74, 6) is -0.794. The molecule has 0 aliphatic carbocycles. The summed E-state index contributed by atoms with van der Waals surface area (Å²) in [5.41, 5.74) is 3.65. The molecule has 0 amide bonds. The lowest BCUT2D eigenvalue weighted by atomic mass is 9.94. The Morgan fingerprint density at radius 2 is 2.00 bits per heavy atom. The molecule has 2 rings (SSSR count). The van der Waals surface area contributed by atoms with Gasteiger partial charge in [0, 0.05) is 12.1 Å².